The zero-order valence-electron chi connectivity index (χ0n) is 50.1. The third-order valence-corrected chi connectivity index (χ3v) is 19.1. The van der Waals surface area contributed by atoms with E-state index in [1.54, 1.807) is 0 Å². The molecule has 16 aromatic rings. The molecule has 0 amide bonds. The van der Waals surface area contributed by atoms with E-state index in [4.69, 9.17) is 19.9 Å². The van der Waals surface area contributed by atoms with Gasteiger partial charge in [-0.2, -0.15) is 0 Å². The smallest absolute Gasteiger partial charge is 0.0614 e. The Hall–Kier alpha value is -6.80. The molecule has 0 atom stereocenters. The molecule has 8 aromatic heterocycles. The molecule has 0 fully saturated rings. The summed E-state index contributed by atoms with van der Waals surface area (Å²) >= 11 is 0. The molecule has 0 bridgehead atoms. The second-order valence-electron chi connectivity index (χ2n) is 24.2. The predicted molar refractivity (Wildman–Crippen MR) is 344 cm³/mol. The molecule has 444 valence electrons. The average Bonchev–Trinajstić information content (AvgIpc) is 1.76. The maximum atomic E-state index is 4.87. The normalized spacial score (nSPS) is 13.2. The molecule has 0 saturated carbocycles. The molecule has 12 heteroatoms. The molecule has 0 aliphatic carbocycles. The molecule has 0 unspecified atom stereocenters. The second kappa shape index (κ2) is 22.6. The summed E-state index contributed by atoms with van der Waals surface area (Å²) in [5, 5.41) is 14.9. The monoisotopic (exact) mass is 1860 g/mol. The van der Waals surface area contributed by atoms with E-state index in [2.05, 4.69) is 206 Å². The number of para-hydroxylation sites is 2. The number of fused-ring (bicyclic) bond motifs is 12. The molecular weight excluding hydrogens is 1790 g/mol. The van der Waals surface area contributed by atoms with Gasteiger partial charge in [-0.05, 0) is 142 Å². The largest absolute Gasteiger partial charge is 0.337 e. The number of hydrogen-bond donors (Lipinski definition) is 0. The Balaban J connectivity index is 0.000000107. The minimum Gasteiger partial charge on any atom is -0.337 e. The average molecular weight is 1850 g/mol. The quantitative estimate of drug-likeness (QED) is 0.112. The first-order valence-electron chi connectivity index (χ1n) is 29.9. The van der Waals surface area contributed by atoms with E-state index in [0.717, 1.165) is 118 Å². The summed E-state index contributed by atoms with van der Waals surface area (Å²) in [6, 6.07) is 57.5. The van der Waals surface area contributed by atoms with Crippen LogP contribution in [0.3, 0.4) is 0 Å². The van der Waals surface area contributed by atoms with Crippen molar-refractivity contribution < 1.29 is 80.4 Å². The Morgan fingerprint density at radius 3 is 1.33 bits per heavy atom. The Morgan fingerprint density at radius 2 is 0.761 bits per heavy atom. The summed E-state index contributed by atoms with van der Waals surface area (Å²) in [7, 11) is 0. The SMILES string of the molecule is Cc1[c-]c2c(cc1)c1cccc3c1n1c(c(C)nc21)CC3.Cc1c[c-]c2c(c1)c1cccc3c1n1c(c(C)nc21)CC3.Cc1cc2c3c(c1)c1ccc[c-]c1c1nc(C)c(n13)CC2.Cc1ccc2c3ccc[c-]c3c3nc(C)c4n3c2c1CC4.[Ir].[Ir].[Ir].[Ir]. The summed E-state index contributed by atoms with van der Waals surface area (Å²) in [4.78, 5) is 19.4. The number of rotatable bonds is 0. The van der Waals surface area contributed by atoms with E-state index in [1.165, 1.54) is 132 Å². The summed E-state index contributed by atoms with van der Waals surface area (Å²) in [5.74, 6) is 0. The number of benzene rings is 8. The molecule has 0 N–H and O–H groups in total. The molecule has 20 rings (SSSR count). The van der Waals surface area contributed by atoms with Crippen molar-refractivity contribution in [2.24, 2.45) is 0 Å². The van der Waals surface area contributed by atoms with Crippen molar-refractivity contribution in [2.75, 3.05) is 0 Å². The molecule has 4 aliphatic rings. The number of hydrogen-bond acceptors (Lipinski definition) is 4. The third kappa shape index (κ3) is 8.83. The predicted octanol–water partition coefficient (Wildman–Crippen LogP) is 16.6. The first-order valence-corrected chi connectivity index (χ1v) is 29.9. The molecule has 0 spiro atoms. The minimum absolute atomic E-state index is 0. The Kier molecular flexibility index (Phi) is 15.4. The minimum atomic E-state index is 0. The zero-order chi connectivity index (χ0) is 56.5. The van der Waals surface area contributed by atoms with Crippen LogP contribution in [0.1, 0.15) is 90.1 Å². The van der Waals surface area contributed by atoms with Gasteiger partial charge in [0.05, 0.1) is 22.6 Å². The van der Waals surface area contributed by atoms with Gasteiger partial charge in [0.1, 0.15) is 0 Å². The fourth-order valence-electron chi connectivity index (χ4n) is 15.3. The van der Waals surface area contributed by atoms with Crippen molar-refractivity contribution in [3.8, 4) is 0 Å². The van der Waals surface area contributed by atoms with Crippen LogP contribution in [-0.4, -0.2) is 37.5 Å². The van der Waals surface area contributed by atoms with E-state index in [0.29, 0.717) is 0 Å². The Morgan fingerprint density at radius 1 is 0.341 bits per heavy atom. The number of nitrogens with zero attached hydrogens (tertiary/aromatic N) is 8. The van der Waals surface area contributed by atoms with Crippen molar-refractivity contribution in [3.63, 3.8) is 0 Å². The van der Waals surface area contributed by atoms with Crippen molar-refractivity contribution in [1.82, 2.24) is 37.5 Å². The van der Waals surface area contributed by atoms with Gasteiger partial charge in [-0.1, -0.05) is 107 Å². The molecule has 88 heavy (non-hydrogen) atoms. The van der Waals surface area contributed by atoms with Crippen LogP contribution in [0.15, 0.2) is 121 Å². The van der Waals surface area contributed by atoms with Crippen LogP contribution in [0, 0.1) is 79.7 Å². The molecule has 4 radical (unpaired) electrons. The van der Waals surface area contributed by atoms with Crippen molar-refractivity contribution in [1.29, 1.82) is 0 Å². The van der Waals surface area contributed by atoms with Gasteiger partial charge in [-0.3, -0.25) is 19.9 Å². The number of pyridine rings is 4. The maximum absolute atomic E-state index is 4.87. The van der Waals surface area contributed by atoms with Crippen molar-refractivity contribution in [2.45, 2.75) is 107 Å². The molecule has 0 saturated heterocycles. The van der Waals surface area contributed by atoms with Crippen molar-refractivity contribution in [3.05, 3.63) is 236 Å². The van der Waals surface area contributed by atoms with E-state index in [1.807, 2.05) is 12.1 Å². The van der Waals surface area contributed by atoms with Crippen LogP contribution in [0.4, 0.5) is 0 Å². The Labute approximate surface area is 564 Å². The maximum Gasteiger partial charge on any atom is 0.0614 e. The number of aryl methyl sites for hydroxylation is 16. The first kappa shape index (κ1) is 60.1. The zero-order valence-corrected chi connectivity index (χ0v) is 59.7. The fraction of sp³-hybridized carbons (Fsp3) is 0.211. The third-order valence-electron chi connectivity index (χ3n) is 19.1. The Bertz CT molecular complexity index is 5630. The van der Waals surface area contributed by atoms with E-state index >= 15 is 0 Å². The van der Waals surface area contributed by atoms with Gasteiger partial charge in [0.25, 0.3) is 0 Å². The first-order chi connectivity index (χ1) is 41.0. The van der Waals surface area contributed by atoms with Gasteiger partial charge in [-0.25, -0.2) is 0 Å². The van der Waals surface area contributed by atoms with Crippen LogP contribution in [0.5, 0.6) is 0 Å². The standard InChI is InChI=1S/4C19H15N2.4Ir/c1-11-6-8-14-15-5-3-4-13-7-9-17-12(2)20-19(16(14)10-11)21(17)18(13)15;1-11-6-8-15-16(10-11)14-5-3-4-13-7-9-17-12(2)20-19(15)21(17)18(13)14;1-11-9-13-7-8-17-12(2)20-19-15-6-4-3-5-14(15)16(10-11)18(13)21(17)19;1-11-7-8-15-14-5-3-4-6-16(14)19-20-12(2)17-10-9-13(11)18(15)21(17)19;;;;/h3-6,8H,7,9H2,1-2H3;3-6,10H,7,9H2,1-2H3;3-5,9-10H,7-8H2,1-2H3;3-5,7-8H,9-10H2,1-2H3;;;;/q4*-1;;;;. The van der Waals surface area contributed by atoms with Gasteiger partial charge < -0.3 is 17.6 Å². The fourth-order valence-corrected chi connectivity index (χ4v) is 15.3. The van der Waals surface area contributed by atoms with Crippen LogP contribution in [-0.2, 0) is 132 Å². The van der Waals surface area contributed by atoms with E-state index < -0.39 is 0 Å². The van der Waals surface area contributed by atoms with E-state index in [-0.39, 0.29) is 80.4 Å². The molecule has 4 aliphatic heterocycles. The van der Waals surface area contributed by atoms with Crippen LogP contribution in [0.25, 0.3) is 109 Å². The van der Waals surface area contributed by atoms with Crippen LogP contribution in [0.2, 0.25) is 0 Å². The van der Waals surface area contributed by atoms with Gasteiger partial charge in [0.2, 0.25) is 0 Å². The summed E-state index contributed by atoms with van der Waals surface area (Å²) < 4.78 is 9.51. The molecule has 12 heterocycles. The van der Waals surface area contributed by atoms with Gasteiger partial charge in [0.15, 0.2) is 0 Å². The molecule has 8 nitrogen and oxygen atoms in total. The topological polar surface area (TPSA) is 69.2 Å². The van der Waals surface area contributed by atoms with Gasteiger partial charge >= 0.3 is 0 Å². The van der Waals surface area contributed by atoms with Gasteiger partial charge in [-0.15, -0.1) is 112 Å². The van der Waals surface area contributed by atoms with Crippen molar-refractivity contribution >= 4 is 109 Å². The molecule has 8 aromatic carbocycles. The number of imidazole rings is 4. The van der Waals surface area contributed by atoms with E-state index in [9.17, 15) is 0 Å². The summed E-state index contributed by atoms with van der Waals surface area (Å²) in [6.07, 6.45) is 8.77. The van der Waals surface area contributed by atoms with Crippen LogP contribution < -0.4 is 0 Å². The summed E-state index contributed by atoms with van der Waals surface area (Å²) in [6.45, 7) is 17.1. The van der Waals surface area contributed by atoms with Gasteiger partial charge in [0, 0.05) is 148 Å². The second-order valence-corrected chi connectivity index (χ2v) is 24.2. The van der Waals surface area contributed by atoms with Crippen LogP contribution >= 0.6 is 0 Å². The summed E-state index contributed by atoms with van der Waals surface area (Å²) in [5.41, 5.74) is 30.7. The molecular formula is C76H60Ir4N8-4. The number of aromatic nitrogens is 8.